The monoisotopic (exact) mass is 314 g/mol. The molecule has 0 aromatic heterocycles. The van der Waals surface area contributed by atoms with Crippen LogP contribution >= 0.6 is 11.8 Å². The molecule has 1 saturated heterocycles. The van der Waals surface area contributed by atoms with Gasteiger partial charge in [0.2, 0.25) is 0 Å². The molecule has 0 aromatic carbocycles. The molecule has 20 heavy (non-hydrogen) atoms. The first-order chi connectivity index (χ1) is 9.13. The van der Waals surface area contributed by atoms with Crippen molar-refractivity contribution >= 4 is 23.6 Å². The van der Waals surface area contributed by atoms with Gasteiger partial charge < -0.3 is 15.4 Å². The fourth-order valence-electron chi connectivity index (χ4n) is 1.70. The van der Waals surface area contributed by atoms with Crippen molar-refractivity contribution in [1.29, 1.82) is 0 Å². The summed E-state index contributed by atoms with van der Waals surface area (Å²) in [6, 6.07) is -1.02. The Labute approximate surface area is 119 Å². The Kier molecular flexibility index (Phi) is 5.31. The van der Waals surface area contributed by atoms with Gasteiger partial charge in [-0.05, 0) is 13.8 Å². The number of nitrogens with zero attached hydrogens (tertiary/aromatic N) is 1. The predicted molar refractivity (Wildman–Crippen MR) is 68.1 cm³/mol. The minimum atomic E-state index is -4.88. The topological polar surface area (TPSA) is 72.6 Å². The quantitative estimate of drug-likeness (QED) is 0.779. The summed E-state index contributed by atoms with van der Waals surface area (Å²) in [4.78, 5) is 24.7. The lowest BCUT2D eigenvalue weighted by Crippen LogP contribution is -2.66. The van der Waals surface area contributed by atoms with E-state index in [2.05, 4.69) is 0 Å². The molecule has 0 spiro atoms. The third kappa shape index (κ3) is 3.38. The molecule has 1 aliphatic rings. The number of nitrogens with two attached hydrogens (primary N) is 1. The van der Waals surface area contributed by atoms with Crippen LogP contribution in [0.2, 0.25) is 0 Å². The maximum absolute atomic E-state index is 12.8. The van der Waals surface area contributed by atoms with Crippen molar-refractivity contribution in [3.05, 3.63) is 0 Å². The van der Waals surface area contributed by atoms with E-state index in [1.54, 1.807) is 6.92 Å². The van der Waals surface area contributed by atoms with Gasteiger partial charge in [-0.25, -0.2) is 4.79 Å². The molecule has 1 fully saturated rings. The second-order valence-corrected chi connectivity index (χ2v) is 5.69. The van der Waals surface area contributed by atoms with Crippen molar-refractivity contribution in [2.45, 2.75) is 31.6 Å². The van der Waals surface area contributed by atoms with Crippen molar-refractivity contribution in [2.75, 3.05) is 24.7 Å². The molecule has 0 aliphatic carbocycles. The predicted octanol–water partition coefficient (Wildman–Crippen LogP) is 0.773. The first-order valence-corrected chi connectivity index (χ1v) is 7.19. The van der Waals surface area contributed by atoms with Gasteiger partial charge in [-0.15, -0.1) is 0 Å². The molecule has 0 saturated carbocycles. The Morgan fingerprint density at radius 2 is 2.05 bits per heavy atom. The number of thioether (sulfide) groups is 1. The second-order valence-electron chi connectivity index (χ2n) is 4.54. The van der Waals surface area contributed by atoms with Crippen molar-refractivity contribution in [3.63, 3.8) is 0 Å². The molecule has 0 bridgehead atoms. The number of halogens is 3. The standard InChI is InChI=1S/C11H17F3N2O3S/c1-3-19-8(17)7-6-20-5-4-16(7)9(18)10(2,15)11(12,13)14/h7H,3-6,15H2,1-2H3. The average Bonchev–Trinajstić information content (AvgIpc) is 2.36. The number of hydrogen-bond donors (Lipinski definition) is 1. The van der Waals surface area contributed by atoms with Crippen molar-refractivity contribution in [2.24, 2.45) is 5.73 Å². The van der Waals surface area contributed by atoms with E-state index in [9.17, 15) is 22.8 Å². The van der Waals surface area contributed by atoms with E-state index in [1.165, 1.54) is 11.8 Å². The molecular weight excluding hydrogens is 297 g/mol. The van der Waals surface area contributed by atoms with Gasteiger partial charge in [0, 0.05) is 18.1 Å². The van der Waals surface area contributed by atoms with Crippen LogP contribution in [0.1, 0.15) is 13.8 Å². The van der Waals surface area contributed by atoms with E-state index in [1.807, 2.05) is 0 Å². The highest BCUT2D eigenvalue weighted by Gasteiger charge is 2.56. The van der Waals surface area contributed by atoms with Crippen LogP contribution in [0.15, 0.2) is 0 Å². The first kappa shape index (κ1) is 17.1. The molecule has 1 heterocycles. The summed E-state index contributed by atoms with van der Waals surface area (Å²) in [5, 5.41) is 0. The Balaban J connectivity index is 2.96. The zero-order chi connectivity index (χ0) is 15.6. The Morgan fingerprint density at radius 3 is 2.55 bits per heavy atom. The molecule has 5 nitrogen and oxygen atoms in total. The van der Waals surface area contributed by atoms with E-state index in [-0.39, 0.29) is 18.9 Å². The average molecular weight is 314 g/mol. The number of esters is 1. The maximum atomic E-state index is 12.8. The maximum Gasteiger partial charge on any atom is 0.415 e. The van der Waals surface area contributed by atoms with Crippen LogP contribution in [0.25, 0.3) is 0 Å². The smallest absolute Gasteiger partial charge is 0.415 e. The number of rotatable bonds is 3. The summed E-state index contributed by atoms with van der Waals surface area (Å²) >= 11 is 1.38. The molecule has 0 aromatic rings. The van der Waals surface area contributed by atoms with Gasteiger partial charge in [0.15, 0.2) is 5.54 Å². The van der Waals surface area contributed by atoms with Gasteiger partial charge in [-0.1, -0.05) is 0 Å². The zero-order valence-electron chi connectivity index (χ0n) is 11.2. The van der Waals surface area contributed by atoms with Gasteiger partial charge in [0.1, 0.15) is 6.04 Å². The summed E-state index contributed by atoms with van der Waals surface area (Å²) in [5.74, 6) is -1.34. The molecule has 2 unspecified atom stereocenters. The highest BCUT2D eigenvalue weighted by Crippen LogP contribution is 2.31. The summed E-state index contributed by atoms with van der Waals surface area (Å²) < 4.78 is 43.3. The largest absolute Gasteiger partial charge is 0.464 e. The zero-order valence-corrected chi connectivity index (χ0v) is 12.0. The van der Waals surface area contributed by atoms with Gasteiger partial charge in [-0.2, -0.15) is 24.9 Å². The lowest BCUT2D eigenvalue weighted by Gasteiger charge is -2.38. The van der Waals surface area contributed by atoms with Crippen LogP contribution in [0.5, 0.6) is 0 Å². The highest BCUT2D eigenvalue weighted by molar-refractivity contribution is 7.99. The highest BCUT2D eigenvalue weighted by atomic mass is 32.2. The third-order valence-electron chi connectivity index (χ3n) is 2.98. The summed E-state index contributed by atoms with van der Waals surface area (Å²) in [7, 11) is 0. The van der Waals surface area contributed by atoms with Crippen LogP contribution in [-0.2, 0) is 14.3 Å². The fourth-order valence-corrected chi connectivity index (χ4v) is 2.73. The fraction of sp³-hybridized carbons (Fsp3) is 0.818. The van der Waals surface area contributed by atoms with E-state index >= 15 is 0 Å². The van der Waals surface area contributed by atoms with Gasteiger partial charge in [-0.3, -0.25) is 4.79 Å². The van der Waals surface area contributed by atoms with E-state index < -0.39 is 29.6 Å². The summed E-state index contributed by atoms with van der Waals surface area (Å²) in [6.07, 6.45) is -4.88. The van der Waals surface area contributed by atoms with Crippen LogP contribution in [-0.4, -0.2) is 59.2 Å². The third-order valence-corrected chi connectivity index (χ3v) is 4.00. The molecule has 2 N–H and O–H groups in total. The Hall–Kier alpha value is -0.960. The molecule has 9 heteroatoms. The van der Waals surface area contributed by atoms with Gasteiger partial charge in [0.05, 0.1) is 6.61 Å². The molecule has 1 amide bonds. The molecular formula is C11H17F3N2O3S. The van der Waals surface area contributed by atoms with Crippen molar-refractivity contribution < 1.29 is 27.5 Å². The van der Waals surface area contributed by atoms with Gasteiger partial charge >= 0.3 is 12.1 Å². The number of hydrogen-bond acceptors (Lipinski definition) is 5. The van der Waals surface area contributed by atoms with Crippen LogP contribution in [0, 0.1) is 0 Å². The molecule has 116 valence electrons. The number of ether oxygens (including phenoxy) is 1. The minimum absolute atomic E-state index is 0.0376. The number of amides is 1. The van der Waals surface area contributed by atoms with E-state index in [4.69, 9.17) is 10.5 Å². The number of carbonyl (C=O) groups excluding carboxylic acids is 2. The normalized spacial score (nSPS) is 23.1. The van der Waals surface area contributed by atoms with Gasteiger partial charge in [0.25, 0.3) is 5.91 Å². The molecule has 0 radical (unpaired) electrons. The first-order valence-electron chi connectivity index (χ1n) is 6.04. The second kappa shape index (κ2) is 6.21. The summed E-state index contributed by atoms with van der Waals surface area (Å²) in [5.41, 5.74) is 2.12. The van der Waals surface area contributed by atoms with Crippen molar-refractivity contribution in [1.82, 2.24) is 4.90 Å². The number of carbonyl (C=O) groups is 2. The van der Waals surface area contributed by atoms with E-state index in [0.717, 1.165) is 4.90 Å². The lowest BCUT2D eigenvalue weighted by atomic mass is 10.00. The lowest BCUT2D eigenvalue weighted by molar-refractivity contribution is -0.196. The molecule has 1 rings (SSSR count). The van der Waals surface area contributed by atoms with E-state index in [0.29, 0.717) is 12.7 Å². The van der Waals surface area contributed by atoms with Crippen LogP contribution < -0.4 is 5.73 Å². The minimum Gasteiger partial charge on any atom is -0.464 e. The molecule has 2 atom stereocenters. The van der Waals surface area contributed by atoms with Crippen molar-refractivity contribution in [3.8, 4) is 0 Å². The molecule has 1 aliphatic heterocycles. The SMILES string of the molecule is CCOC(=O)C1CSCCN1C(=O)C(C)(N)C(F)(F)F. The summed E-state index contributed by atoms with van der Waals surface area (Å²) in [6.45, 7) is 2.33. The number of alkyl halides is 3. The Morgan fingerprint density at radius 1 is 1.45 bits per heavy atom. The van der Waals surface area contributed by atoms with Crippen LogP contribution in [0.3, 0.4) is 0 Å². The van der Waals surface area contributed by atoms with Crippen LogP contribution in [0.4, 0.5) is 13.2 Å². The Bertz CT molecular complexity index is 388.